The van der Waals surface area contributed by atoms with Crippen molar-refractivity contribution in [3.63, 3.8) is 0 Å². The molecule has 0 saturated carbocycles. The first-order chi connectivity index (χ1) is 11.1. The van der Waals surface area contributed by atoms with E-state index in [4.69, 9.17) is 0 Å². The smallest absolute Gasteiger partial charge is 0.252 e. The molecule has 0 radical (unpaired) electrons. The second-order valence-electron chi connectivity index (χ2n) is 6.05. The summed E-state index contributed by atoms with van der Waals surface area (Å²) in [6.07, 6.45) is 3.43. The van der Waals surface area contributed by atoms with E-state index >= 15 is 0 Å². The fourth-order valence-electron chi connectivity index (χ4n) is 2.73. The molecule has 0 aliphatic carbocycles. The van der Waals surface area contributed by atoms with E-state index in [0.29, 0.717) is 18.0 Å². The predicted molar refractivity (Wildman–Crippen MR) is 99.3 cm³/mol. The quantitative estimate of drug-likeness (QED) is 0.679. The Hall–Kier alpha value is -1.15. The van der Waals surface area contributed by atoms with Gasteiger partial charge in [0.05, 0.1) is 12.1 Å². The molecule has 1 aromatic rings. The van der Waals surface area contributed by atoms with Gasteiger partial charge in [0.2, 0.25) is 5.91 Å². The fraction of sp³-hybridized carbons (Fsp3) is 0.529. The van der Waals surface area contributed by atoms with Gasteiger partial charge in [-0.1, -0.05) is 12.1 Å². The number of rotatable bonds is 6. The van der Waals surface area contributed by atoms with Crippen LogP contribution in [0.3, 0.4) is 0 Å². The first kappa shape index (κ1) is 18.2. The van der Waals surface area contributed by atoms with Crippen LogP contribution in [0.4, 0.5) is 0 Å². The van der Waals surface area contributed by atoms with Crippen molar-refractivity contribution in [3.05, 3.63) is 33.4 Å². The Morgan fingerprint density at radius 1 is 1.22 bits per heavy atom. The maximum atomic E-state index is 12.0. The Morgan fingerprint density at radius 3 is 2.61 bits per heavy atom. The monoisotopic (exact) mass is 429 g/mol. The average molecular weight is 429 g/mol. The van der Waals surface area contributed by atoms with Crippen LogP contribution in [0.2, 0.25) is 0 Å². The maximum absolute atomic E-state index is 12.0. The molecule has 23 heavy (non-hydrogen) atoms. The van der Waals surface area contributed by atoms with Gasteiger partial charge in [0.25, 0.3) is 5.91 Å². The van der Waals surface area contributed by atoms with Crippen molar-refractivity contribution >= 4 is 34.4 Å². The van der Waals surface area contributed by atoms with E-state index in [0.717, 1.165) is 23.1 Å². The van der Waals surface area contributed by atoms with Crippen molar-refractivity contribution in [1.29, 1.82) is 0 Å². The predicted octanol–water partition coefficient (Wildman–Crippen LogP) is 1.87. The van der Waals surface area contributed by atoms with Crippen LogP contribution in [0.1, 0.15) is 29.6 Å². The largest absolute Gasteiger partial charge is 0.355 e. The minimum absolute atomic E-state index is 0.0250. The number of carbonyl (C=O) groups excluding carboxylic acids is 2. The number of nitrogens with one attached hydrogen (secondary N) is 2. The molecule has 2 rings (SSSR count). The van der Waals surface area contributed by atoms with Crippen LogP contribution in [0.25, 0.3) is 0 Å². The topological polar surface area (TPSA) is 61.4 Å². The number of benzene rings is 1. The molecule has 1 aliphatic rings. The summed E-state index contributed by atoms with van der Waals surface area (Å²) in [5.74, 6) is 0.365. The summed E-state index contributed by atoms with van der Waals surface area (Å²) in [4.78, 5) is 26.2. The third kappa shape index (κ3) is 6.10. The average Bonchev–Trinajstić information content (AvgIpc) is 2.55. The number of amides is 2. The van der Waals surface area contributed by atoms with E-state index in [1.807, 2.05) is 18.2 Å². The molecule has 0 unspecified atom stereocenters. The van der Waals surface area contributed by atoms with E-state index in [9.17, 15) is 9.59 Å². The summed E-state index contributed by atoms with van der Waals surface area (Å²) in [5.41, 5.74) is 0.604. The van der Waals surface area contributed by atoms with E-state index in [2.05, 4.69) is 45.2 Å². The highest BCUT2D eigenvalue weighted by Gasteiger charge is 2.16. The maximum Gasteiger partial charge on any atom is 0.252 e. The van der Waals surface area contributed by atoms with E-state index < -0.39 is 0 Å². The molecular weight excluding hydrogens is 405 g/mol. The number of likely N-dealkylation sites (tertiary alicyclic amines) is 1. The van der Waals surface area contributed by atoms with Gasteiger partial charge in [0.15, 0.2) is 0 Å². The molecule has 0 atom stereocenters. The third-order valence-corrected chi connectivity index (χ3v) is 5.18. The minimum atomic E-state index is -0.208. The zero-order valence-corrected chi connectivity index (χ0v) is 15.6. The van der Waals surface area contributed by atoms with Gasteiger partial charge in [-0.2, -0.15) is 0 Å². The number of carbonyl (C=O) groups is 2. The highest BCUT2D eigenvalue weighted by atomic mass is 127. The first-order valence-electron chi connectivity index (χ1n) is 8.04. The fourth-order valence-corrected chi connectivity index (χ4v) is 3.36. The lowest BCUT2D eigenvalue weighted by Gasteiger charge is -2.28. The molecule has 5 nitrogen and oxygen atoms in total. The molecule has 1 heterocycles. The van der Waals surface area contributed by atoms with Crippen LogP contribution in [0.15, 0.2) is 24.3 Å². The van der Waals surface area contributed by atoms with Crippen molar-refractivity contribution < 1.29 is 9.59 Å². The third-order valence-electron chi connectivity index (χ3n) is 4.24. The lowest BCUT2D eigenvalue weighted by molar-refractivity contribution is -0.120. The molecule has 1 fully saturated rings. The molecule has 0 spiro atoms. The number of piperidine rings is 1. The highest BCUT2D eigenvalue weighted by molar-refractivity contribution is 14.1. The molecule has 2 amide bonds. The summed E-state index contributed by atoms with van der Waals surface area (Å²) in [6, 6.07) is 7.33. The van der Waals surface area contributed by atoms with Gasteiger partial charge < -0.3 is 15.5 Å². The van der Waals surface area contributed by atoms with Crippen LogP contribution >= 0.6 is 22.6 Å². The summed E-state index contributed by atoms with van der Waals surface area (Å²) < 4.78 is 0.880. The van der Waals surface area contributed by atoms with Crippen molar-refractivity contribution in [2.75, 3.05) is 33.2 Å². The Bertz CT molecular complexity index is 542. The second-order valence-corrected chi connectivity index (χ2v) is 7.21. The molecule has 1 aliphatic heterocycles. The van der Waals surface area contributed by atoms with E-state index in [1.54, 1.807) is 6.07 Å². The van der Waals surface area contributed by atoms with Gasteiger partial charge in [0, 0.05) is 10.1 Å². The second kappa shape index (κ2) is 9.22. The molecule has 126 valence electrons. The Kier molecular flexibility index (Phi) is 7.29. The van der Waals surface area contributed by atoms with Gasteiger partial charge in [-0.05, 0) is 80.0 Å². The van der Waals surface area contributed by atoms with E-state index in [-0.39, 0.29) is 18.4 Å². The van der Waals surface area contributed by atoms with Gasteiger partial charge >= 0.3 is 0 Å². The molecule has 1 saturated heterocycles. The van der Waals surface area contributed by atoms with Crippen molar-refractivity contribution in [2.45, 2.75) is 19.3 Å². The van der Waals surface area contributed by atoms with Crippen LogP contribution < -0.4 is 10.6 Å². The van der Waals surface area contributed by atoms with Crippen LogP contribution in [0.5, 0.6) is 0 Å². The normalized spacial score (nSPS) is 16.1. The van der Waals surface area contributed by atoms with Gasteiger partial charge in [-0.25, -0.2) is 0 Å². The van der Waals surface area contributed by atoms with Gasteiger partial charge in [-0.15, -0.1) is 0 Å². The summed E-state index contributed by atoms with van der Waals surface area (Å²) in [7, 11) is 2.15. The number of hydrogen-bond donors (Lipinski definition) is 2. The molecule has 0 aromatic heterocycles. The van der Waals surface area contributed by atoms with Gasteiger partial charge in [-0.3, -0.25) is 9.59 Å². The Morgan fingerprint density at radius 2 is 1.91 bits per heavy atom. The van der Waals surface area contributed by atoms with Crippen LogP contribution in [0, 0.1) is 9.49 Å². The van der Waals surface area contributed by atoms with Crippen LogP contribution in [-0.2, 0) is 4.79 Å². The molecule has 2 N–H and O–H groups in total. The number of hydrogen-bond acceptors (Lipinski definition) is 3. The zero-order valence-electron chi connectivity index (χ0n) is 13.5. The first-order valence-corrected chi connectivity index (χ1v) is 9.12. The number of nitrogens with zero attached hydrogens (tertiary/aromatic N) is 1. The highest BCUT2D eigenvalue weighted by Crippen LogP contribution is 2.18. The van der Waals surface area contributed by atoms with Crippen molar-refractivity contribution in [2.24, 2.45) is 5.92 Å². The summed E-state index contributed by atoms with van der Waals surface area (Å²) in [6.45, 7) is 3.00. The standard InChI is InChI=1S/C17H24IN3O2/c1-21-10-7-13(8-11-21)6-9-19-16(22)12-20-17(23)14-4-2-3-5-15(14)18/h2-5,13H,6-12H2,1H3,(H,19,22)(H,20,23). The van der Waals surface area contributed by atoms with Crippen LogP contribution in [-0.4, -0.2) is 49.9 Å². The zero-order chi connectivity index (χ0) is 16.7. The van der Waals surface area contributed by atoms with Crippen molar-refractivity contribution in [3.8, 4) is 0 Å². The molecule has 6 heteroatoms. The summed E-state index contributed by atoms with van der Waals surface area (Å²) >= 11 is 2.12. The van der Waals surface area contributed by atoms with Crippen molar-refractivity contribution in [1.82, 2.24) is 15.5 Å². The summed E-state index contributed by atoms with van der Waals surface area (Å²) in [5, 5.41) is 5.56. The molecule has 1 aromatic carbocycles. The molecular formula is C17H24IN3O2. The van der Waals surface area contributed by atoms with E-state index in [1.165, 1.54) is 12.8 Å². The number of halogens is 1. The lowest BCUT2D eigenvalue weighted by Crippen LogP contribution is -2.38. The Labute approximate surface area is 151 Å². The lowest BCUT2D eigenvalue weighted by atomic mass is 9.94. The Balaban J connectivity index is 1.63. The minimum Gasteiger partial charge on any atom is -0.355 e. The van der Waals surface area contributed by atoms with Gasteiger partial charge in [0.1, 0.15) is 0 Å². The SMILES string of the molecule is CN1CCC(CCNC(=O)CNC(=O)c2ccccc2I)CC1. The molecule has 0 bridgehead atoms.